The Hall–Kier alpha value is -3.27. The van der Waals surface area contributed by atoms with E-state index in [1.54, 1.807) is 47.3 Å². The van der Waals surface area contributed by atoms with Crippen molar-refractivity contribution in [3.8, 4) is 11.4 Å². The molecule has 3 aromatic rings. The van der Waals surface area contributed by atoms with Crippen LogP contribution in [0.1, 0.15) is 6.92 Å². The summed E-state index contributed by atoms with van der Waals surface area (Å²) in [6.45, 7) is 8.61. The van der Waals surface area contributed by atoms with Gasteiger partial charge in [0.25, 0.3) is 0 Å². The first kappa shape index (κ1) is 21.9. The second kappa shape index (κ2) is 9.90. The van der Waals surface area contributed by atoms with E-state index >= 15 is 0 Å². The number of amides is 1. The highest BCUT2D eigenvalue weighted by Gasteiger charge is 2.28. The second-order valence-corrected chi connectivity index (χ2v) is 8.61. The number of carbonyl (C=O) groups excluding carboxylic acids is 1. The maximum Gasteiger partial charge on any atom is 0.236 e. The lowest BCUT2D eigenvalue weighted by molar-refractivity contribution is -0.130. The molecule has 0 aliphatic carbocycles. The van der Waals surface area contributed by atoms with Crippen LogP contribution in [-0.2, 0) is 11.3 Å². The van der Waals surface area contributed by atoms with Crippen molar-refractivity contribution in [1.82, 2.24) is 29.6 Å². The number of aromatic nitrogens is 5. The summed E-state index contributed by atoms with van der Waals surface area (Å²) in [5.74, 6) is 0.761. The van der Waals surface area contributed by atoms with E-state index < -0.39 is 0 Å². The molecule has 32 heavy (non-hydrogen) atoms. The standard InChI is InChI=1S/C22H24FN7OS/c1-3-11-30-19(17-7-4-5-8-18(17)23)26-27-22(30)32-16(2)20(31)28-12-14-29(15-13-28)21-24-9-6-10-25-21/h3-10,16H,1,11-15H2,2H3. The van der Waals surface area contributed by atoms with Gasteiger partial charge in [0, 0.05) is 45.1 Å². The van der Waals surface area contributed by atoms with Gasteiger partial charge in [-0.2, -0.15) is 0 Å². The Labute approximate surface area is 190 Å². The average molecular weight is 454 g/mol. The first-order chi connectivity index (χ1) is 15.6. The van der Waals surface area contributed by atoms with E-state index in [2.05, 4.69) is 31.6 Å². The molecular weight excluding hydrogens is 429 g/mol. The highest BCUT2D eigenvalue weighted by Crippen LogP contribution is 2.29. The topological polar surface area (TPSA) is 80.0 Å². The number of rotatable bonds is 7. The summed E-state index contributed by atoms with van der Waals surface area (Å²) in [6, 6.07) is 8.22. The minimum absolute atomic E-state index is 0.0317. The van der Waals surface area contributed by atoms with Gasteiger partial charge in [-0.25, -0.2) is 14.4 Å². The molecule has 1 amide bonds. The zero-order valence-electron chi connectivity index (χ0n) is 17.8. The summed E-state index contributed by atoms with van der Waals surface area (Å²) in [5.41, 5.74) is 0.368. The number of halogens is 1. The fraction of sp³-hybridized carbons (Fsp3) is 0.318. The fourth-order valence-electron chi connectivity index (χ4n) is 3.56. The van der Waals surface area contributed by atoms with Crippen molar-refractivity contribution in [2.75, 3.05) is 31.1 Å². The zero-order chi connectivity index (χ0) is 22.5. The largest absolute Gasteiger partial charge is 0.338 e. The van der Waals surface area contributed by atoms with E-state index in [-0.39, 0.29) is 17.0 Å². The normalized spacial score (nSPS) is 14.9. The van der Waals surface area contributed by atoms with Gasteiger partial charge in [0.2, 0.25) is 11.9 Å². The van der Waals surface area contributed by atoms with Gasteiger partial charge in [-0.1, -0.05) is 30.0 Å². The molecule has 1 unspecified atom stereocenters. The molecule has 1 aromatic carbocycles. The Morgan fingerprint density at radius 3 is 2.56 bits per heavy atom. The molecule has 8 nitrogen and oxygen atoms in total. The highest BCUT2D eigenvalue weighted by molar-refractivity contribution is 8.00. The van der Waals surface area contributed by atoms with E-state index in [0.29, 0.717) is 55.2 Å². The average Bonchev–Trinajstić information content (AvgIpc) is 3.21. The van der Waals surface area contributed by atoms with Crippen LogP contribution in [0.5, 0.6) is 0 Å². The van der Waals surface area contributed by atoms with Crippen LogP contribution in [0.4, 0.5) is 10.3 Å². The monoisotopic (exact) mass is 453 g/mol. The second-order valence-electron chi connectivity index (χ2n) is 7.31. The van der Waals surface area contributed by atoms with E-state index in [9.17, 15) is 9.18 Å². The molecule has 1 saturated heterocycles. The van der Waals surface area contributed by atoms with Gasteiger partial charge in [-0.15, -0.1) is 16.8 Å². The summed E-state index contributed by atoms with van der Waals surface area (Å²) in [4.78, 5) is 25.5. The van der Waals surface area contributed by atoms with E-state index in [0.717, 1.165) is 0 Å². The third kappa shape index (κ3) is 4.64. The van der Waals surface area contributed by atoms with Crippen molar-refractivity contribution >= 4 is 23.6 Å². The van der Waals surface area contributed by atoms with Crippen molar-refractivity contribution < 1.29 is 9.18 Å². The van der Waals surface area contributed by atoms with Crippen LogP contribution in [0.15, 0.2) is 60.5 Å². The van der Waals surface area contributed by atoms with Gasteiger partial charge in [-0.3, -0.25) is 9.36 Å². The van der Waals surface area contributed by atoms with Gasteiger partial charge >= 0.3 is 0 Å². The lowest BCUT2D eigenvalue weighted by Crippen LogP contribution is -2.51. The van der Waals surface area contributed by atoms with Crippen LogP contribution in [0.3, 0.4) is 0 Å². The molecule has 1 aliphatic heterocycles. The van der Waals surface area contributed by atoms with Gasteiger partial charge in [0.05, 0.1) is 10.8 Å². The predicted molar refractivity (Wildman–Crippen MR) is 122 cm³/mol. The molecule has 0 bridgehead atoms. The van der Waals surface area contributed by atoms with Crippen molar-refractivity contribution in [3.05, 3.63) is 61.2 Å². The Balaban J connectivity index is 1.44. The van der Waals surface area contributed by atoms with Crippen molar-refractivity contribution in [2.24, 2.45) is 0 Å². The SMILES string of the molecule is C=CCn1c(SC(C)C(=O)N2CCN(c3ncccn3)CC2)nnc1-c1ccccc1F. The van der Waals surface area contributed by atoms with E-state index in [4.69, 9.17) is 0 Å². The molecule has 1 atom stereocenters. The molecule has 0 saturated carbocycles. The summed E-state index contributed by atoms with van der Waals surface area (Å²) in [6.07, 6.45) is 5.14. The molecule has 1 aliphatic rings. The third-order valence-corrected chi connectivity index (χ3v) is 6.27. The van der Waals surface area contributed by atoms with Crippen LogP contribution in [0, 0.1) is 5.82 Å². The fourth-order valence-corrected chi connectivity index (χ4v) is 4.50. The van der Waals surface area contributed by atoms with Crippen LogP contribution in [0.25, 0.3) is 11.4 Å². The number of benzene rings is 1. The number of nitrogens with zero attached hydrogens (tertiary/aromatic N) is 7. The van der Waals surface area contributed by atoms with Crippen molar-refractivity contribution in [3.63, 3.8) is 0 Å². The minimum Gasteiger partial charge on any atom is -0.338 e. The highest BCUT2D eigenvalue weighted by atomic mass is 32.2. The van der Waals surface area contributed by atoms with Gasteiger partial charge < -0.3 is 9.80 Å². The molecule has 3 heterocycles. The zero-order valence-corrected chi connectivity index (χ0v) is 18.6. The quantitative estimate of drug-likeness (QED) is 0.402. The van der Waals surface area contributed by atoms with E-state index in [1.807, 2.05) is 11.8 Å². The maximum atomic E-state index is 14.3. The Kier molecular flexibility index (Phi) is 6.79. The molecule has 10 heteroatoms. The minimum atomic E-state index is -0.369. The number of thioether (sulfide) groups is 1. The summed E-state index contributed by atoms with van der Waals surface area (Å²) < 4.78 is 16.1. The number of hydrogen-bond acceptors (Lipinski definition) is 7. The smallest absolute Gasteiger partial charge is 0.236 e. The summed E-state index contributed by atoms with van der Waals surface area (Å²) in [5, 5.41) is 8.62. The van der Waals surface area contributed by atoms with E-state index in [1.165, 1.54) is 17.8 Å². The Bertz CT molecular complexity index is 1080. The third-order valence-electron chi connectivity index (χ3n) is 5.20. The van der Waals surface area contributed by atoms with Gasteiger partial charge in [-0.05, 0) is 25.1 Å². The molecule has 2 aromatic heterocycles. The van der Waals surface area contributed by atoms with Crippen LogP contribution >= 0.6 is 11.8 Å². The number of allylic oxidation sites excluding steroid dienone is 1. The molecule has 0 spiro atoms. The van der Waals surface area contributed by atoms with Crippen LogP contribution in [-0.4, -0.2) is 67.0 Å². The number of piperazine rings is 1. The predicted octanol–water partition coefficient (Wildman–Crippen LogP) is 2.89. The number of hydrogen-bond donors (Lipinski definition) is 0. The molecular formula is C22H24FN7OS. The first-order valence-corrected chi connectivity index (χ1v) is 11.2. The lowest BCUT2D eigenvalue weighted by atomic mass is 10.2. The van der Waals surface area contributed by atoms with Crippen molar-refractivity contribution in [2.45, 2.75) is 23.9 Å². The molecule has 0 radical (unpaired) electrons. The van der Waals surface area contributed by atoms with Crippen LogP contribution < -0.4 is 4.90 Å². The molecule has 1 fully saturated rings. The number of carbonyl (C=O) groups is 1. The lowest BCUT2D eigenvalue weighted by Gasteiger charge is -2.35. The van der Waals surface area contributed by atoms with Gasteiger partial charge in [0.15, 0.2) is 11.0 Å². The Morgan fingerprint density at radius 1 is 1.16 bits per heavy atom. The first-order valence-electron chi connectivity index (χ1n) is 10.3. The molecule has 4 rings (SSSR count). The molecule has 0 N–H and O–H groups in total. The summed E-state index contributed by atoms with van der Waals surface area (Å²) >= 11 is 1.32. The Morgan fingerprint density at radius 2 is 1.88 bits per heavy atom. The summed E-state index contributed by atoms with van der Waals surface area (Å²) in [7, 11) is 0. The van der Waals surface area contributed by atoms with Gasteiger partial charge in [0.1, 0.15) is 5.82 Å². The van der Waals surface area contributed by atoms with Crippen molar-refractivity contribution in [1.29, 1.82) is 0 Å². The van der Waals surface area contributed by atoms with Crippen LogP contribution in [0.2, 0.25) is 0 Å². The number of anilines is 1. The maximum absolute atomic E-state index is 14.3. The molecule has 166 valence electrons.